The number of hydrogen-bond acceptors (Lipinski definition) is 5. The number of benzene rings is 2. The number of halogens is 1. The first-order valence-corrected chi connectivity index (χ1v) is 11.6. The van der Waals surface area contributed by atoms with Crippen LogP contribution >= 0.6 is 0 Å². The summed E-state index contributed by atoms with van der Waals surface area (Å²) in [5.74, 6) is 1.07. The van der Waals surface area contributed by atoms with E-state index in [1.807, 2.05) is 30.7 Å². The van der Waals surface area contributed by atoms with Crippen molar-refractivity contribution in [3.05, 3.63) is 77.0 Å². The highest BCUT2D eigenvalue weighted by molar-refractivity contribution is 5.95. The zero-order valence-corrected chi connectivity index (χ0v) is 19.6. The number of hydrogen-bond donors (Lipinski definition) is 0. The van der Waals surface area contributed by atoms with Crippen molar-refractivity contribution < 1.29 is 9.18 Å². The molecule has 1 aliphatic heterocycles. The molecule has 0 spiro atoms. The molecular formula is C26H27FN6O. The summed E-state index contributed by atoms with van der Waals surface area (Å²) in [7, 11) is 0. The average molecular weight is 459 g/mol. The van der Waals surface area contributed by atoms with Crippen molar-refractivity contribution in [3.8, 4) is 5.69 Å². The number of rotatable bonds is 4. The third-order valence-corrected chi connectivity index (χ3v) is 6.26. The summed E-state index contributed by atoms with van der Waals surface area (Å²) >= 11 is 0. The summed E-state index contributed by atoms with van der Waals surface area (Å²) in [6.07, 6.45) is 0.707. The quantitative estimate of drug-likeness (QED) is 0.461. The van der Waals surface area contributed by atoms with Crippen molar-refractivity contribution in [2.75, 3.05) is 31.1 Å². The largest absolute Gasteiger partial charge is 0.352 e. The van der Waals surface area contributed by atoms with E-state index in [0.29, 0.717) is 38.2 Å². The van der Waals surface area contributed by atoms with Crippen molar-refractivity contribution in [2.45, 2.75) is 27.2 Å². The molecule has 0 saturated carbocycles. The molecule has 34 heavy (non-hydrogen) atoms. The van der Waals surface area contributed by atoms with Gasteiger partial charge < -0.3 is 9.80 Å². The summed E-state index contributed by atoms with van der Waals surface area (Å²) in [6, 6.07) is 14.1. The number of amides is 1. The number of nitrogens with zero attached hydrogens (tertiary/aromatic N) is 6. The van der Waals surface area contributed by atoms with Crippen LogP contribution in [0.4, 0.5) is 10.2 Å². The summed E-state index contributed by atoms with van der Waals surface area (Å²) in [5, 5.41) is 5.73. The normalized spacial score (nSPS) is 14.1. The molecule has 0 unspecified atom stereocenters. The lowest BCUT2D eigenvalue weighted by Gasteiger charge is -2.35. The Bertz CT molecular complexity index is 1360. The van der Waals surface area contributed by atoms with Crippen LogP contribution < -0.4 is 4.90 Å². The monoisotopic (exact) mass is 458 g/mol. The summed E-state index contributed by atoms with van der Waals surface area (Å²) < 4.78 is 15.5. The van der Waals surface area contributed by atoms with Crippen LogP contribution in [0.1, 0.15) is 34.4 Å². The average Bonchev–Trinajstić information content (AvgIpc) is 3.20. The molecule has 1 aliphatic rings. The molecule has 1 amide bonds. The Morgan fingerprint density at radius 1 is 1.00 bits per heavy atom. The van der Waals surface area contributed by atoms with E-state index >= 15 is 0 Å². The van der Waals surface area contributed by atoms with Crippen molar-refractivity contribution in [1.82, 2.24) is 24.6 Å². The van der Waals surface area contributed by atoms with Gasteiger partial charge in [-0.2, -0.15) is 5.10 Å². The number of fused-ring (bicyclic) bond motifs is 1. The second-order valence-electron chi connectivity index (χ2n) is 8.64. The van der Waals surface area contributed by atoms with E-state index in [-0.39, 0.29) is 5.91 Å². The standard InChI is InChI=1S/C26H27FN6O/c1-4-22-28-24(23-18(3)30-33(25(23)29-22)21-10-8-17(2)9-11-21)31-12-14-32(15-13-31)26(34)19-6-5-7-20(27)16-19/h5-11,16H,4,12-15H2,1-3H3. The predicted octanol–water partition coefficient (Wildman–Crippen LogP) is 4.10. The number of carbonyl (C=O) groups is 1. The zero-order valence-electron chi connectivity index (χ0n) is 19.6. The molecule has 3 heterocycles. The Labute approximate surface area is 197 Å². The minimum Gasteiger partial charge on any atom is -0.352 e. The first-order valence-electron chi connectivity index (χ1n) is 11.6. The summed E-state index contributed by atoms with van der Waals surface area (Å²) in [4.78, 5) is 26.5. The third kappa shape index (κ3) is 4.00. The molecule has 174 valence electrons. The maximum absolute atomic E-state index is 13.6. The van der Waals surface area contributed by atoms with Crippen molar-refractivity contribution in [3.63, 3.8) is 0 Å². The molecule has 0 atom stereocenters. The third-order valence-electron chi connectivity index (χ3n) is 6.26. The second kappa shape index (κ2) is 8.85. The van der Waals surface area contributed by atoms with Gasteiger partial charge in [-0.1, -0.05) is 30.7 Å². The maximum atomic E-state index is 13.6. The molecule has 1 saturated heterocycles. The van der Waals surface area contributed by atoms with E-state index < -0.39 is 5.82 Å². The molecule has 0 bridgehead atoms. The molecule has 5 rings (SSSR count). The van der Waals surface area contributed by atoms with Crippen LogP contribution in [-0.2, 0) is 6.42 Å². The first-order chi connectivity index (χ1) is 16.4. The Kier molecular flexibility index (Phi) is 5.73. The second-order valence-corrected chi connectivity index (χ2v) is 8.64. The van der Waals surface area contributed by atoms with Gasteiger partial charge in [-0.25, -0.2) is 19.0 Å². The van der Waals surface area contributed by atoms with Crippen LogP contribution in [0.15, 0.2) is 48.5 Å². The molecular weight excluding hydrogens is 431 g/mol. The van der Waals surface area contributed by atoms with Crippen LogP contribution in [0.5, 0.6) is 0 Å². The predicted molar refractivity (Wildman–Crippen MR) is 130 cm³/mol. The highest BCUT2D eigenvalue weighted by Gasteiger charge is 2.27. The number of aromatic nitrogens is 4. The molecule has 8 heteroatoms. The molecule has 0 N–H and O–H groups in total. The first kappa shape index (κ1) is 22.0. The number of anilines is 1. The van der Waals surface area contributed by atoms with Gasteiger partial charge in [0.05, 0.1) is 16.8 Å². The van der Waals surface area contributed by atoms with Gasteiger partial charge in [-0.05, 0) is 44.2 Å². The van der Waals surface area contributed by atoms with Gasteiger partial charge in [-0.3, -0.25) is 4.79 Å². The minimum atomic E-state index is -0.402. The number of carbonyl (C=O) groups excluding carboxylic acids is 1. The van der Waals surface area contributed by atoms with E-state index in [9.17, 15) is 9.18 Å². The van der Waals surface area contributed by atoms with Gasteiger partial charge in [-0.15, -0.1) is 0 Å². The Hall–Kier alpha value is -3.81. The van der Waals surface area contributed by atoms with Crippen LogP contribution in [-0.4, -0.2) is 56.7 Å². The lowest BCUT2D eigenvalue weighted by molar-refractivity contribution is 0.0746. The number of piperazine rings is 1. The molecule has 0 radical (unpaired) electrons. The van der Waals surface area contributed by atoms with Gasteiger partial charge >= 0.3 is 0 Å². The molecule has 7 nitrogen and oxygen atoms in total. The van der Waals surface area contributed by atoms with Crippen molar-refractivity contribution in [1.29, 1.82) is 0 Å². The van der Waals surface area contributed by atoms with Gasteiger partial charge in [0.2, 0.25) is 0 Å². The van der Waals surface area contributed by atoms with E-state index in [1.54, 1.807) is 17.0 Å². The van der Waals surface area contributed by atoms with Gasteiger partial charge in [0.15, 0.2) is 5.65 Å². The van der Waals surface area contributed by atoms with Crippen LogP contribution in [0.25, 0.3) is 16.7 Å². The lowest BCUT2D eigenvalue weighted by Crippen LogP contribution is -2.49. The molecule has 0 aliphatic carbocycles. The van der Waals surface area contributed by atoms with Gasteiger partial charge in [0.25, 0.3) is 5.91 Å². The minimum absolute atomic E-state index is 0.149. The molecule has 2 aromatic carbocycles. The molecule has 4 aromatic rings. The fourth-order valence-electron chi connectivity index (χ4n) is 4.38. The van der Waals surface area contributed by atoms with Gasteiger partial charge in [0, 0.05) is 38.2 Å². The highest BCUT2D eigenvalue weighted by atomic mass is 19.1. The van der Waals surface area contributed by atoms with Gasteiger partial charge in [0.1, 0.15) is 17.5 Å². The fraction of sp³-hybridized carbons (Fsp3) is 0.308. The highest BCUT2D eigenvalue weighted by Crippen LogP contribution is 2.30. The van der Waals surface area contributed by atoms with E-state index in [4.69, 9.17) is 15.1 Å². The molecule has 1 fully saturated rings. The van der Waals surface area contributed by atoms with Crippen LogP contribution in [0.2, 0.25) is 0 Å². The topological polar surface area (TPSA) is 67.2 Å². The lowest BCUT2D eigenvalue weighted by atomic mass is 10.1. The SMILES string of the molecule is CCc1nc(N2CCN(C(=O)c3cccc(F)c3)CC2)c2c(C)nn(-c3ccc(C)cc3)c2n1. The Morgan fingerprint density at radius 3 is 2.41 bits per heavy atom. The van der Waals surface area contributed by atoms with Crippen LogP contribution in [0, 0.1) is 19.7 Å². The summed E-state index contributed by atoms with van der Waals surface area (Å²) in [6.45, 7) is 8.41. The maximum Gasteiger partial charge on any atom is 0.254 e. The molecule has 2 aromatic heterocycles. The van der Waals surface area contributed by atoms with E-state index in [1.165, 1.54) is 17.7 Å². The smallest absolute Gasteiger partial charge is 0.254 e. The van der Waals surface area contributed by atoms with Crippen LogP contribution in [0.3, 0.4) is 0 Å². The van der Waals surface area contributed by atoms with Crippen molar-refractivity contribution in [2.24, 2.45) is 0 Å². The Balaban J connectivity index is 1.46. The fourth-order valence-corrected chi connectivity index (χ4v) is 4.38. The van der Waals surface area contributed by atoms with E-state index in [2.05, 4.69) is 24.0 Å². The van der Waals surface area contributed by atoms with E-state index in [0.717, 1.165) is 34.1 Å². The number of aryl methyl sites for hydroxylation is 3. The Morgan fingerprint density at radius 2 is 1.74 bits per heavy atom. The zero-order chi connectivity index (χ0) is 23.8. The van der Waals surface area contributed by atoms with Crippen molar-refractivity contribution >= 4 is 22.8 Å². The summed E-state index contributed by atoms with van der Waals surface area (Å²) in [5.41, 5.74) is 4.18.